The Morgan fingerprint density at radius 1 is 1.41 bits per heavy atom. The van der Waals surface area contributed by atoms with E-state index in [0.29, 0.717) is 24.7 Å². The molecule has 2 nitrogen and oxygen atoms in total. The monoisotopic (exact) mass is 238 g/mol. The highest BCUT2D eigenvalue weighted by Gasteiger charge is 2.23. The lowest BCUT2D eigenvalue weighted by Crippen LogP contribution is -2.25. The molecule has 1 aliphatic rings. The first-order chi connectivity index (χ1) is 7.82. The number of aliphatic hydroxyl groups is 2. The van der Waals surface area contributed by atoms with Crippen molar-refractivity contribution >= 4 is 0 Å². The molecule has 0 heterocycles. The van der Waals surface area contributed by atoms with Gasteiger partial charge in [-0.05, 0) is 50.0 Å². The van der Waals surface area contributed by atoms with E-state index in [1.807, 2.05) is 6.08 Å². The Labute approximate surface area is 105 Å². The average Bonchev–Trinajstić information content (AvgIpc) is 2.24. The van der Waals surface area contributed by atoms with Crippen molar-refractivity contribution in [1.29, 1.82) is 0 Å². The summed E-state index contributed by atoms with van der Waals surface area (Å²) < 4.78 is 0. The van der Waals surface area contributed by atoms with Gasteiger partial charge in [0.15, 0.2) is 0 Å². The smallest absolute Gasteiger partial charge is 0.0800 e. The summed E-state index contributed by atoms with van der Waals surface area (Å²) in [6.45, 7) is 10.1. The third-order valence-electron chi connectivity index (χ3n) is 3.75. The van der Waals surface area contributed by atoms with E-state index in [4.69, 9.17) is 0 Å². The normalized spacial score (nSPS) is 38.1. The lowest BCUT2D eigenvalue weighted by atomic mass is 9.84. The molecule has 0 aliphatic heterocycles. The highest BCUT2D eigenvalue weighted by atomic mass is 16.3. The van der Waals surface area contributed by atoms with Gasteiger partial charge < -0.3 is 10.2 Å². The molecule has 2 heteroatoms. The van der Waals surface area contributed by atoms with E-state index >= 15 is 0 Å². The predicted octanol–water partition coefficient (Wildman–Crippen LogP) is 3.06. The molecule has 98 valence electrons. The zero-order valence-corrected chi connectivity index (χ0v) is 11.3. The van der Waals surface area contributed by atoms with E-state index in [1.54, 1.807) is 6.92 Å². The van der Waals surface area contributed by atoms with Crippen molar-refractivity contribution < 1.29 is 10.2 Å². The van der Waals surface area contributed by atoms with Gasteiger partial charge in [-0.2, -0.15) is 0 Å². The first-order valence-electron chi connectivity index (χ1n) is 6.59. The minimum absolute atomic E-state index is 0.448. The summed E-state index contributed by atoms with van der Waals surface area (Å²) in [6.07, 6.45) is 6.60. The summed E-state index contributed by atoms with van der Waals surface area (Å²) in [6, 6.07) is 0. The highest BCUT2D eigenvalue weighted by Crippen LogP contribution is 2.27. The first-order valence-corrected chi connectivity index (χ1v) is 6.59. The Morgan fingerprint density at radius 2 is 2.06 bits per heavy atom. The summed E-state index contributed by atoms with van der Waals surface area (Å²) in [7, 11) is 0. The van der Waals surface area contributed by atoms with Gasteiger partial charge in [0.1, 0.15) is 0 Å². The second-order valence-corrected chi connectivity index (χ2v) is 5.88. The molecule has 0 aromatic rings. The van der Waals surface area contributed by atoms with Crippen LogP contribution in [0.4, 0.5) is 0 Å². The summed E-state index contributed by atoms with van der Waals surface area (Å²) in [5.74, 6) is 0.995. The van der Waals surface area contributed by atoms with Crippen molar-refractivity contribution in [3.05, 3.63) is 24.3 Å². The topological polar surface area (TPSA) is 40.5 Å². The molecule has 17 heavy (non-hydrogen) atoms. The van der Waals surface area contributed by atoms with Crippen LogP contribution in [0.25, 0.3) is 0 Å². The van der Waals surface area contributed by atoms with Crippen LogP contribution in [0.2, 0.25) is 0 Å². The van der Waals surface area contributed by atoms with Gasteiger partial charge >= 0.3 is 0 Å². The van der Waals surface area contributed by atoms with Crippen LogP contribution in [0.5, 0.6) is 0 Å². The molecule has 0 fully saturated rings. The number of allylic oxidation sites excluding steroid dienone is 1. The molecule has 0 saturated heterocycles. The molecule has 3 unspecified atom stereocenters. The second-order valence-electron chi connectivity index (χ2n) is 5.88. The molecule has 0 bridgehead atoms. The Bertz CT molecular complexity index is 289. The maximum Gasteiger partial charge on any atom is 0.0800 e. The molecular formula is C15H26O2. The summed E-state index contributed by atoms with van der Waals surface area (Å²) in [5.41, 5.74) is 0.0906. The largest absolute Gasteiger partial charge is 0.389 e. The lowest BCUT2D eigenvalue weighted by Gasteiger charge is -2.26. The molecule has 0 amide bonds. The number of aliphatic hydroxyl groups excluding tert-OH is 1. The molecule has 0 saturated carbocycles. The van der Waals surface area contributed by atoms with E-state index in [0.717, 1.165) is 18.4 Å². The second kappa shape index (κ2) is 5.83. The van der Waals surface area contributed by atoms with Gasteiger partial charge in [-0.1, -0.05) is 32.6 Å². The van der Waals surface area contributed by atoms with Crippen molar-refractivity contribution in [1.82, 2.24) is 0 Å². The summed E-state index contributed by atoms with van der Waals surface area (Å²) in [4.78, 5) is 0. The molecule has 3 atom stereocenters. The van der Waals surface area contributed by atoms with E-state index in [9.17, 15) is 10.2 Å². The van der Waals surface area contributed by atoms with Crippen LogP contribution in [0.15, 0.2) is 24.3 Å². The van der Waals surface area contributed by atoms with Gasteiger partial charge in [-0.25, -0.2) is 0 Å². The van der Waals surface area contributed by atoms with Gasteiger partial charge in [0.25, 0.3) is 0 Å². The van der Waals surface area contributed by atoms with Crippen LogP contribution in [0.3, 0.4) is 0 Å². The molecule has 2 N–H and O–H groups in total. The molecule has 0 aromatic heterocycles. The number of hydrogen-bond donors (Lipinski definition) is 2. The first kappa shape index (κ1) is 14.5. The van der Waals surface area contributed by atoms with Crippen molar-refractivity contribution in [2.75, 3.05) is 0 Å². The Morgan fingerprint density at radius 3 is 2.65 bits per heavy atom. The fourth-order valence-corrected chi connectivity index (χ4v) is 2.22. The number of hydrogen-bond acceptors (Lipinski definition) is 2. The van der Waals surface area contributed by atoms with Crippen molar-refractivity contribution in [2.24, 2.45) is 11.8 Å². The van der Waals surface area contributed by atoms with E-state index < -0.39 is 11.7 Å². The summed E-state index contributed by atoms with van der Waals surface area (Å²) >= 11 is 0. The van der Waals surface area contributed by atoms with E-state index in [-0.39, 0.29) is 0 Å². The van der Waals surface area contributed by atoms with E-state index in [1.165, 1.54) is 0 Å². The molecule has 1 rings (SSSR count). The quantitative estimate of drug-likeness (QED) is 0.689. The molecule has 1 aliphatic carbocycles. The van der Waals surface area contributed by atoms with Crippen LogP contribution in [0.1, 0.15) is 46.5 Å². The average molecular weight is 238 g/mol. The van der Waals surface area contributed by atoms with Crippen LogP contribution in [-0.4, -0.2) is 21.9 Å². The Hall–Kier alpha value is -0.600. The van der Waals surface area contributed by atoms with Crippen molar-refractivity contribution in [2.45, 2.75) is 58.2 Å². The van der Waals surface area contributed by atoms with Gasteiger partial charge in [-0.15, -0.1) is 0 Å². The van der Waals surface area contributed by atoms with Crippen molar-refractivity contribution in [3.63, 3.8) is 0 Å². The molecule has 0 spiro atoms. The zero-order valence-electron chi connectivity index (χ0n) is 11.3. The molecule has 0 aromatic carbocycles. The minimum atomic E-state index is -0.814. The fourth-order valence-electron chi connectivity index (χ4n) is 2.22. The Balaban J connectivity index is 2.83. The van der Waals surface area contributed by atoms with E-state index in [2.05, 4.69) is 26.5 Å². The van der Waals surface area contributed by atoms with Gasteiger partial charge in [0.2, 0.25) is 0 Å². The maximum absolute atomic E-state index is 10.2. The van der Waals surface area contributed by atoms with Gasteiger partial charge in [-0.3, -0.25) is 0 Å². The third-order valence-corrected chi connectivity index (χ3v) is 3.75. The number of rotatable bonds is 1. The predicted molar refractivity (Wildman–Crippen MR) is 71.7 cm³/mol. The maximum atomic E-state index is 10.2. The fraction of sp³-hybridized carbons (Fsp3) is 0.733. The van der Waals surface area contributed by atoms with Crippen LogP contribution in [0, 0.1) is 11.8 Å². The Kier molecular flexibility index (Phi) is 4.96. The lowest BCUT2D eigenvalue weighted by molar-refractivity contribution is 0.0781. The van der Waals surface area contributed by atoms with Crippen LogP contribution in [-0.2, 0) is 0 Å². The van der Waals surface area contributed by atoms with Gasteiger partial charge in [0.05, 0.1) is 11.7 Å². The standard InChI is InChI=1S/C15H26O2/c1-11(2)13-6-5-12(3)14(16)8-10-15(4,17)9-7-13/h7,9,11,13-14,16-17H,3,5-6,8,10H2,1-2,4H3/b9-7+. The summed E-state index contributed by atoms with van der Waals surface area (Å²) in [5, 5.41) is 20.1. The minimum Gasteiger partial charge on any atom is -0.389 e. The van der Waals surface area contributed by atoms with Crippen LogP contribution < -0.4 is 0 Å². The molecular weight excluding hydrogens is 212 g/mol. The third kappa shape index (κ3) is 4.64. The van der Waals surface area contributed by atoms with Crippen LogP contribution >= 0.6 is 0 Å². The zero-order chi connectivity index (χ0) is 13.1. The SMILES string of the molecule is C=C1CCC(C(C)C)/C=C/C(C)(O)CCC1O. The van der Waals surface area contributed by atoms with Crippen molar-refractivity contribution in [3.8, 4) is 0 Å². The molecule has 0 radical (unpaired) electrons. The highest BCUT2D eigenvalue weighted by molar-refractivity contribution is 5.08. The van der Waals surface area contributed by atoms with Gasteiger partial charge in [0, 0.05) is 0 Å².